The van der Waals surface area contributed by atoms with Crippen LogP contribution in [-0.2, 0) is 4.79 Å². The summed E-state index contributed by atoms with van der Waals surface area (Å²) in [7, 11) is 0. The molecule has 0 aliphatic heterocycles. The van der Waals surface area contributed by atoms with Crippen molar-refractivity contribution in [3.8, 4) is 0 Å². The zero-order valence-electron chi connectivity index (χ0n) is 8.51. The summed E-state index contributed by atoms with van der Waals surface area (Å²) in [6, 6.07) is 0.174. The summed E-state index contributed by atoms with van der Waals surface area (Å²) in [5.74, 6) is 1.51. The van der Waals surface area contributed by atoms with Gasteiger partial charge in [-0.15, -0.1) is 0 Å². The normalized spacial score (nSPS) is 12.5. The third-order valence-corrected chi connectivity index (χ3v) is 2.69. The van der Waals surface area contributed by atoms with Gasteiger partial charge in [0.05, 0.1) is 5.75 Å². The first kappa shape index (κ1) is 12.8. The standard InChI is InChI=1S/C9H20N2OS/c1-3-4-5-11-9(12)7-13-6-8(2)10/h8H,3-7,10H2,1-2H3,(H,11,12). The highest BCUT2D eigenvalue weighted by Crippen LogP contribution is 2.00. The summed E-state index contributed by atoms with van der Waals surface area (Å²) in [6.07, 6.45) is 2.18. The van der Waals surface area contributed by atoms with Crippen molar-refractivity contribution < 1.29 is 4.79 Å². The molecule has 78 valence electrons. The molecule has 0 aliphatic carbocycles. The number of hydrogen-bond acceptors (Lipinski definition) is 3. The predicted molar refractivity (Wildman–Crippen MR) is 58.9 cm³/mol. The minimum atomic E-state index is 0.124. The van der Waals surface area contributed by atoms with Gasteiger partial charge in [-0.3, -0.25) is 4.79 Å². The molecule has 0 aliphatic rings. The molecule has 3 nitrogen and oxygen atoms in total. The lowest BCUT2D eigenvalue weighted by molar-refractivity contribution is -0.118. The van der Waals surface area contributed by atoms with Crippen LogP contribution in [0.4, 0.5) is 0 Å². The Hall–Kier alpha value is -0.220. The average molecular weight is 204 g/mol. The van der Waals surface area contributed by atoms with Crippen LogP contribution in [0.1, 0.15) is 26.7 Å². The number of nitrogens with two attached hydrogens (primary N) is 1. The van der Waals surface area contributed by atoms with Crippen LogP contribution in [0.25, 0.3) is 0 Å². The maximum atomic E-state index is 11.1. The van der Waals surface area contributed by atoms with Gasteiger partial charge in [0.1, 0.15) is 0 Å². The second-order valence-corrected chi connectivity index (χ2v) is 4.23. The monoisotopic (exact) mass is 204 g/mol. The van der Waals surface area contributed by atoms with E-state index >= 15 is 0 Å². The zero-order valence-corrected chi connectivity index (χ0v) is 9.32. The first-order valence-corrected chi connectivity index (χ1v) is 5.92. The first-order valence-electron chi connectivity index (χ1n) is 4.76. The van der Waals surface area contributed by atoms with E-state index in [1.807, 2.05) is 6.92 Å². The van der Waals surface area contributed by atoms with E-state index in [9.17, 15) is 4.79 Å². The smallest absolute Gasteiger partial charge is 0.229 e. The molecule has 0 rings (SSSR count). The third kappa shape index (κ3) is 9.70. The molecule has 1 unspecified atom stereocenters. The SMILES string of the molecule is CCCCNC(=O)CSCC(C)N. The van der Waals surface area contributed by atoms with Gasteiger partial charge in [-0.05, 0) is 13.3 Å². The van der Waals surface area contributed by atoms with Gasteiger partial charge < -0.3 is 11.1 Å². The Kier molecular flexibility index (Phi) is 8.24. The molecule has 0 aromatic heterocycles. The van der Waals surface area contributed by atoms with Crippen LogP contribution < -0.4 is 11.1 Å². The predicted octanol–water partition coefficient (Wildman–Crippen LogP) is 0.983. The van der Waals surface area contributed by atoms with Crippen molar-refractivity contribution in [3.05, 3.63) is 0 Å². The lowest BCUT2D eigenvalue weighted by atomic mass is 10.3. The van der Waals surface area contributed by atoms with E-state index in [-0.39, 0.29) is 11.9 Å². The Balaban J connectivity index is 3.20. The molecule has 1 atom stereocenters. The van der Waals surface area contributed by atoms with Gasteiger partial charge in [0.2, 0.25) is 5.91 Å². The Bertz CT molecular complexity index is 140. The first-order chi connectivity index (χ1) is 6.16. The molecule has 0 aromatic rings. The minimum Gasteiger partial charge on any atom is -0.355 e. The molecule has 0 radical (unpaired) electrons. The fourth-order valence-electron chi connectivity index (χ4n) is 0.793. The van der Waals surface area contributed by atoms with Crippen molar-refractivity contribution in [2.75, 3.05) is 18.1 Å². The van der Waals surface area contributed by atoms with Crippen molar-refractivity contribution in [2.24, 2.45) is 5.73 Å². The quantitative estimate of drug-likeness (QED) is 0.608. The lowest BCUT2D eigenvalue weighted by Crippen LogP contribution is -2.27. The fraction of sp³-hybridized carbons (Fsp3) is 0.889. The van der Waals surface area contributed by atoms with Gasteiger partial charge >= 0.3 is 0 Å². The highest BCUT2D eigenvalue weighted by atomic mass is 32.2. The van der Waals surface area contributed by atoms with E-state index in [1.165, 1.54) is 0 Å². The molecular formula is C9H20N2OS. The molecule has 3 N–H and O–H groups in total. The number of nitrogens with one attached hydrogen (secondary N) is 1. The number of carbonyl (C=O) groups excluding carboxylic acids is 1. The molecule has 0 spiro atoms. The summed E-state index contributed by atoms with van der Waals surface area (Å²) in [5, 5.41) is 2.86. The van der Waals surface area contributed by atoms with E-state index in [2.05, 4.69) is 12.2 Å². The van der Waals surface area contributed by atoms with Crippen molar-refractivity contribution in [1.29, 1.82) is 0 Å². The molecule has 0 fully saturated rings. The van der Waals surface area contributed by atoms with Gasteiger partial charge in [0.15, 0.2) is 0 Å². The Morgan fingerprint density at radius 2 is 2.31 bits per heavy atom. The van der Waals surface area contributed by atoms with Gasteiger partial charge in [-0.25, -0.2) is 0 Å². The van der Waals surface area contributed by atoms with E-state index in [0.717, 1.165) is 25.1 Å². The van der Waals surface area contributed by atoms with Crippen LogP contribution in [0.15, 0.2) is 0 Å². The molecule has 1 amide bonds. The maximum absolute atomic E-state index is 11.1. The Morgan fingerprint density at radius 3 is 2.85 bits per heavy atom. The van der Waals surface area contributed by atoms with E-state index < -0.39 is 0 Å². The van der Waals surface area contributed by atoms with Crippen molar-refractivity contribution >= 4 is 17.7 Å². The molecule has 0 saturated carbocycles. The van der Waals surface area contributed by atoms with Crippen molar-refractivity contribution in [2.45, 2.75) is 32.7 Å². The number of thioether (sulfide) groups is 1. The van der Waals surface area contributed by atoms with Gasteiger partial charge in [0, 0.05) is 18.3 Å². The van der Waals surface area contributed by atoms with E-state index in [4.69, 9.17) is 5.73 Å². The molecule has 0 aromatic carbocycles. The van der Waals surface area contributed by atoms with Crippen molar-refractivity contribution in [3.63, 3.8) is 0 Å². The van der Waals surface area contributed by atoms with Crippen LogP contribution in [0.5, 0.6) is 0 Å². The minimum absolute atomic E-state index is 0.124. The van der Waals surface area contributed by atoms with E-state index in [1.54, 1.807) is 11.8 Å². The van der Waals surface area contributed by atoms with Crippen LogP contribution in [0.3, 0.4) is 0 Å². The molecule has 0 saturated heterocycles. The maximum Gasteiger partial charge on any atom is 0.229 e. The number of hydrogen-bond donors (Lipinski definition) is 2. The average Bonchev–Trinajstić information content (AvgIpc) is 2.04. The summed E-state index contributed by atoms with van der Waals surface area (Å²) >= 11 is 1.59. The molecule has 4 heteroatoms. The summed E-state index contributed by atoms with van der Waals surface area (Å²) in [6.45, 7) is 4.85. The second kappa shape index (κ2) is 8.38. The van der Waals surface area contributed by atoms with Crippen LogP contribution in [0.2, 0.25) is 0 Å². The summed E-state index contributed by atoms with van der Waals surface area (Å²) in [4.78, 5) is 11.1. The number of rotatable bonds is 7. The number of unbranched alkanes of at least 4 members (excludes halogenated alkanes) is 1. The van der Waals surface area contributed by atoms with Crippen LogP contribution in [0, 0.1) is 0 Å². The molecule has 0 bridgehead atoms. The topological polar surface area (TPSA) is 55.1 Å². The summed E-state index contributed by atoms with van der Waals surface area (Å²) in [5.41, 5.74) is 5.55. The highest BCUT2D eigenvalue weighted by molar-refractivity contribution is 7.99. The van der Waals surface area contributed by atoms with Gasteiger partial charge in [-0.2, -0.15) is 11.8 Å². The Morgan fingerprint density at radius 1 is 1.62 bits per heavy atom. The van der Waals surface area contributed by atoms with E-state index in [0.29, 0.717) is 5.75 Å². The zero-order chi connectivity index (χ0) is 10.1. The molecule has 0 heterocycles. The number of amides is 1. The number of carbonyl (C=O) groups is 1. The lowest BCUT2D eigenvalue weighted by Gasteiger charge is -2.05. The fourth-order valence-corrected chi connectivity index (χ4v) is 1.57. The highest BCUT2D eigenvalue weighted by Gasteiger charge is 2.01. The Labute approximate surface area is 84.8 Å². The molecular weight excluding hydrogens is 184 g/mol. The van der Waals surface area contributed by atoms with Gasteiger partial charge in [-0.1, -0.05) is 13.3 Å². The molecule has 13 heavy (non-hydrogen) atoms. The van der Waals surface area contributed by atoms with Crippen molar-refractivity contribution in [1.82, 2.24) is 5.32 Å². The van der Waals surface area contributed by atoms with Crippen LogP contribution in [-0.4, -0.2) is 30.0 Å². The van der Waals surface area contributed by atoms with Crippen LogP contribution >= 0.6 is 11.8 Å². The summed E-state index contributed by atoms with van der Waals surface area (Å²) < 4.78 is 0. The van der Waals surface area contributed by atoms with Gasteiger partial charge in [0.25, 0.3) is 0 Å². The second-order valence-electron chi connectivity index (χ2n) is 3.20. The third-order valence-electron chi connectivity index (χ3n) is 1.47. The largest absolute Gasteiger partial charge is 0.355 e.